The Bertz CT molecular complexity index is 594. The zero-order chi connectivity index (χ0) is 14.0. The Morgan fingerprint density at radius 1 is 1.21 bits per heavy atom. The molecule has 0 aliphatic heterocycles. The van der Waals surface area contributed by atoms with E-state index in [1.165, 1.54) is 5.56 Å². The summed E-state index contributed by atoms with van der Waals surface area (Å²) in [5, 5.41) is 2.49. The summed E-state index contributed by atoms with van der Waals surface area (Å²) in [6, 6.07) is 4.23. The molecule has 2 rings (SSSR count). The number of rotatable bonds is 3. The fraction of sp³-hybridized carbons (Fsp3) is 0.462. The summed E-state index contributed by atoms with van der Waals surface area (Å²) in [7, 11) is -3.79. The van der Waals surface area contributed by atoms with Crippen LogP contribution in [0.2, 0.25) is 0 Å². The van der Waals surface area contributed by atoms with E-state index in [2.05, 4.69) is 5.32 Å². The van der Waals surface area contributed by atoms with E-state index >= 15 is 0 Å². The molecule has 5 nitrogen and oxygen atoms in total. The summed E-state index contributed by atoms with van der Waals surface area (Å²) >= 11 is 0. The molecule has 0 atom stereocenters. The minimum Gasteiger partial charge on any atom is -0.335 e. The summed E-state index contributed by atoms with van der Waals surface area (Å²) in [6.45, 7) is 3.53. The summed E-state index contributed by atoms with van der Waals surface area (Å²) in [5.74, 6) is 0. The lowest BCUT2D eigenvalue weighted by Gasteiger charge is -2.11. The van der Waals surface area contributed by atoms with Crippen LogP contribution in [0.15, 0.2) is 23.1 Å². The minimum atomic E-state index is -3.79. The van der Waals surface area contributed by atoms with Crippen LogP contribution in [-0.4, -0.2) is 20.5 Å². The van der Waals surface area contributed by atoms with Gasteiger partial charge in [-0.3, -0.25) is 0 Å². The zero-order valence-electron chi connectivity index (χ0n) is 11.1. The molecule has 0 spiro atoms. The number of amides is 2. The van der Waals surface area contributed by atoms with Gasteiger partial charge in [-0.2, -0.15) is 0 Å². The Hall–Kier alpha value is -1.56. The standard InChI is InChI=1S/C13H18N2O3S/c1-9(2)14-13(16)15-19(17,18)12-7-6-10-4-3-5-11(10)8-12/h6-9H,3-5H2,1-2H3,(H2,14,15,16). The van der Waals surface area contributed by atoms with Gasteiger partial charge in [0.25, 0.3) is 10.0 Å². The molecule has 19 heavy (non-hydrogen) atoms. The van der Waals surface area contributed by atoms with E-state index in [1.54, 1.807) is 26.0 Å². The fourth-order valence-corrected chi connectivity index (χ4v) is 3.15. The lowest BCUT2D eigenvalue weighted by atomic mass is 10.1. The van der Waals surface area contributed by atoms with E-state index < -0.39 is 16.1 Å². The molecule has 0 bridgehead atoms. The maximum atomic E-state index is 12.1. The van der Waals surface area contributed by atoms with Crippen molar-refractivity contribution in [2.75, 3.05) is 0 Å². The smallest absolute Gasteiger partial charge is 0.328 e. The molecule has 0 heterocycles. The van der Waals surface area contributed by atoms with Crippen molar-refractivity contribution >= 4 is 16.1 Å². The van der Waals surface area contributed by atoms with Gasteiger partial charge >= 0.3 is 6.03 Å². The third-order valence-electron chi connectivity index (χ3n) is 3.03. The van der Waals surface area contributed by atoms with Crippen LogP contribution < -0.4 is 10.0 Å². The van der Waals surface area contributed by atoms with Crippen molar-refractivity contribution < 1.29 is 13.2 Å². The minimum absolute atomic E-state index is 0.116. The first-order valence-electron chi connectivity index (χ1n) is 6.33. The molecular formula is C13H18N2O3S. The average molecular weight is 282 g/mol. The van der Waals surface area contributed by atoms with Crippen molar-refractivity contribution in [2.24, 2.45) is 0 Å². The molecule has 1 aromatic carbocycles. The predicted octanol–water partition coefficient (Wildman–Crippen LogP) is 1.57. The second-order valence-corrected chi connectivity index (χ2v) is 6.70. The van der Waals surface area contributed by atoms with E-state index in [9.17, 15) is 13.2 Å². The predicted molar refractivity (Wildman–Crippen MR) is 72.5 cm³/mol. The van der Waals surface area contributed by atoms with Gasteiger partial charge in [0.2, 0.25) is 0 Å². The summed E-state index contributed by atoms with van der Waals surface area (Å²) < 4.78 is 26.1. The molecule has 1 aliphatic rings. The number of fused-ring (bicyclic) bond motifs is 1. The number of hydrogen-bond acceptors (Lipinski definition) is 3. The maximum absolute atomic E-state index is 12.1. The van der Waals surface area contributed by atoms with E-state index in [-0.39, 0.29) is 10.9 Å². The molecule has 0 radical (unpaired) electrons. The Morgan fingerprint density at radius 3 is 2.58 bits per heavy atom. The second-order valence-electron chi connectivity index (χ2n) is 5.02. The van der Waals surface area contributed by atoms with Crippen LogP contribution in [0.4, 0.5) is 4.79 Å². The van der Waals surface area contributed by atoms with Crippen LogP contribution in [-0.2, 0) is 22.9 Å². The van der Waals surface area contributed by atoms with Gasteiger partial charge in [0.1, 0.15) is 0 Å². The Balaban J connectivity index is 2.18. The van der Waals surface area contributed by atoms with E-state index in [0.29, 0.717) is 0 Å². The molecule has 0 aromatic heterocycles. The number of benzene rings is 1. The first-order chi connectivity index (χ1) is 8.88. The Morgan fingerprint density at radius 2 is 1.89 bits per heavy atom. The molecule has 0 unspecified atom stereocenters. The highest BCUT2D eigenvalue weighted by molar-refractivity contribution is 7.90. The third-order valence-corrected chi connectivity index (χ3v) is 4.36. The Kier molecular flexibility index (Phi) is 3.80. The van der Waals surface area contributed by atoms with Gasteiger partial charge in [-0.15, -0.1) is 0 Å². The van der Waals surface area contributed by atoms with Crippen LogP contribution in [0, 0.1) is 0 Å². The number of hydrogen-bond donors (Lipinski definition) is 2. The number of sulfonamides is 1. The van der Waals surface area contributed by atoms with Crippen molar-refractivity contribution in [3.63, 3.8) is 0 Å². The van der Waals surface area contributed by atoms with Gasteiger partial charge in [0, 0.05) is 6.04 Å². The van der Waals surface area contributed by atoms with Gasteiger partial charge < -0.3 is 5.32 Å². The van der Waals surface area contributed by atoms with Crippen molar-refractivity contribution in [1.29, 1.82) is 0 Å². The molecule has 1 aromatic rings. The summed E-state index contributed by atoms with van der Waals surface area (Å²) in [5.41, 5.74) is 2.26. The second kappa shape index (κ2) is 5.21. The largest absolute Gasteiger partial charge is 0.335 e. The third kappa shape index (κ3) is 3.26. The molecule has 104 valence electrons. The van der Waals surface area contributed by atoms with Gasteiger partial charge in [0.15, 0.2) is 0 Å². The molecule has 2 amide bonds. The number of carbonyl (C=O) groups is 1. The van der Waals surface area contributed by atoms with Crippen molar-refractivity contribution in [3.8, 4) is 0 Å². The van der Waals surface area contributed by atoms with Gasteiger partial charge in [-0.25, -0.2) is 17.9 Å². The van der Waals surface area contributed by atoms with Gasteiger partial charge in [-0.1, -0.05) is 6.07 Å². The highest BCUT2D eigenvalue weighted by Gasteiger charge is 2.20. The van der Waals surface area contributed by atoms with Crippen LogP contribution in [0.25, 0.3) is 0 Å². The normalized spacial score (nSPS) is 14.3. The zero-order valence-corrected chi connectivity index (χ0v) is 11.9. The summed E-state index contributed by atoms with van der Waals surface area (Å²) in [4.78, 5) is 11.6. The van der Waals surface area contributed by atoms with E-state index in [0.717, 1.165) is 24.8 Å². The Labute approximate surface area is 113 Å². The lowest BCUT2D eigenvalue weighted by Crippen LogP contribution is -2.42. The number of carbonyl (C=O) groups excluding carboxylic acids is 1. The fourth-order valence-electron chi connectivity index (χ4n) is 2.19. The molecule has 0 saturated heterocycles. The first-order valence-corrected chi connectivity index (χ1v) is 7.82. The van der Waals surface area contributed by atoms with E-state index in [4.69, 9.17) is 0 Å². The molecule has 0 fully saturated rings. The van der Waals surface area contributed by atoms with Crippen LogP contribution in [0.3, 0.4) is 0 Å². The van der Waals surface area contributed by atoms with Crippen molar-refractivity contribution in [2.45, 2.75) is 44.0 Å². The van der Waals surface area contributed by atoms with Gasteiger partial charge in [-0.05, 0) is 56.4 Å². The topological polar surface area (TPSA) is 75.3 Å². The SMILES string of the molecule is CC(C)NC(=O)NS(=O)(=O)c1ccc2c(c1)CCC2. The summed E-state index contributed by atoms with van der Waals surface area (Å²) in [6.07, 6.45) is 2.95. The number of urea groups is 1. The maximum Gasteiger partial charge on any atom is 0.328 e. The first kappa shape index (κ1) is 13.9. The molecule has 6 heteroatoms. The van der Waals surface area contributed by atoms with Crippen molar-refractivity contribution in [3.05, 3.63) is 29.3 Å². The van der Waals surface area contributed by atoms with Crippen LogP contribution in [0.5, 0.6) is 0 Å². The number of nitrogens with one attached hydrogen (secondary N) is 2. The molecule has 1 aliphatic carbocycles. The molecule has 2 N–H and O–H groups in total. The van der Waals surface area contributed by atoms with Gasteiger partial charge in [0.05, 0.1) is 4.90 Å². The molecular weight excluding hydrogens is 264 g/mol. The average Bonchev–Trinajstić information content (AvgIpc) is 2.73. The van der Waals surface area contributed by atoms with Crippen LogP contribution in [0.1, 0.15) is 31.4 Å². The van der Waals surface area contributed by atoms with E-state index in [1.807, 2.05) is 10.8 Å². The highest BCUT2D eigenvalue weighted by atomic mass is 32.2. The highest BCUT2D eigenvalue weighted by Crippen LogP contribution is 2.24. The quantitative estimate of drug-likeness (QED) is 0.883. The lowest BCUT2D eigenvalue weighted by molar-refractivity contribution is 0.243. The molecule has 0 saturated carbocycles. The monoisotopic (exact) mass is 282 g/mol. The van der Waals surface area contributed by atoms with Crippen LogP contribution >= 0.6 is 0 Å². The number of aryl methyl sites for hydroxylation is 2. The van der Waals surface area contributed by atoms with Crippen molar-refractivity contribution in [1.82, 2.24) is 10.0 Å².